The minimum atomic E-state index is -0.486. The Hall–Kier alpha value is -2.70. The third-order valence-corrected chi connectivity index (χ3v) is 3.76. The van der Waals surface area contributed by atoms with Crippen LogP contribution in [0.15, 0.2) is 30.6 Å². The predicted octanol–water partition coefficient (Wildman–Crippen LogP) is 2.76. The van der Waals surface area contributed by atoms with Crippen molar-refractivity contribution in [3.05, 3.63) is 51.8 Å². The molecule has 0 aliphatic heterocycles. The number of aromatic nitrogens is 2. The van der Waals surface area contributed by atoms with Crippen LogP contribution in [0.25, 0.3) is 0 Å². The Balaban J connectivity index is 1.78. The van der Waals surface area contributed by atoms with Gasteiger partial charge in [0.2, 0.25) is 5.95 Å². The standard InChI is InChI=1S/C15H16N4O3/c1-10-2-5-12(8-13(10)19(21)22)14(20)17-15-16-6-7-18(15)9-11-3-4-11/h2,5-8,11H,3-4,9H2,1H3,(H,16,17,20). The Kier molecular flexibility index (Phi) is 3.62. The van der Waals surface area contributed by atoms with E-state index in [4.69, 9.17) is 0 Å². The molecular formula is C15H16N4O3. The van der Waals surface area contributed by atoms with Gasteiger partial charge in [-0.05, 0) is 31.7 Å². The van der Waals surface area contributed by atoms with Gasteiger partial charge in [0.05, 0.1) is 4.92 Å². The highest BCUT2D eigenvalue weighted by atomic mass is 16.6. The fraction of sp³-hybridized carbons (Fsp3) is 0.333. The summed E-state index contributed by atoms with van der Waals surface area (Å²) in [6, 6.07) is 4.44. The Morgan fingerprint density at radius 1 is 1.50 bits per heavy atom. The third-order valence-electron chi connectivity index (χ3n) is 3.76. The highest BCUT2D eigenvalue weighted by molar-refractivity contribution is 6.03. The summed E-state index contributed by atoms with van der Waals surface area (Å²) >= 11 is 0. The molecule has 1 aromatic carbocycles. The summed E-state index contributed by atoms with van der Waals surface area (Å²) in [6.07, 6.45) is 5.87. The molecule has 1 aliphatic carbocycles. The predicted molar refractivity (Wildman–Crippen MR) is 80.7 cm³/mol. The molecule has 114 valence electrons. The first-order valence-electron chi connectivity index (χ1n) is 7.12. The molecule has 0 atom stereocenters. The summed E-state index contributed by atoms with van der Waals surface area (Å²) in [5.74, 6) is 0.733. The van der Waals surface area contributed by atoms with E-state index < -0.39 is 10.8 Å². The summed E-state index contributed by atoms with van der Waals surface area (Å²) in [4.78, 5) is 26.9. The third kappa shape index (κ3) is 2.98. The Labute approximate surface area is 127 Å². The van der Waals surface area contributed by atoms with Gasteiger partial charge in [-0.3, -0.25) is 20.2 Å². The van der Waals surface area contributed by atoms with E-state index in [9.17, 15) is 14.9 Å². The molecule has 1 saturated carbocycles. The first kappa shape index (κ1) is 14.2. The molecule has 1 aliphatic rings. The first-order valence-corrected chi connectivity index (χ1v) is 7.12. The zero-order valence-corrected chi connectivity index (χ0v) is 12.2. The van der Waals surface area contributed by atoms with E-state index in [2.05, 4.69) is 10.3 Å². The number of benzene rings is 1. The van der Waals surface area contributed by atoms with Crippen LogP contribution in [-0.4, -0.2) is 20.4 Å². The van der Waals surface area contributed by atoms with Crippen LogP contribution < -0.4 is 5.32 Å². The first-order chi connectivity index (χ1) is 10.5. The van der Waals surface area contributed by atoms with Crippen molar-refractivity contribution >= 4 is 17.5 Å². The highest BCUT2D eigenvalue weighted by Crippen LogP contribution is 2.31. The number of amides is 1. The van der Waals surface area contributed by atoms with Crippen molar-refractivity contribution in [2.45, 2.75) is 26.3 Å². The molecule has 0 unspecified atom stereocenters. The summed E-state index contributed by atoms with van der Waals surface area (Å²) in [5.41, 5.74) is 0.712. The van der Waals surface area contributed by atoms with Gasteiger partial charge in [-0.1, -0.05) is 6.07 Å². The Morgan fingerprint density at radius 2 is 2.27 bits per heavy atom. The number of imidazole rings is 1. The van der Waals surface area contributed by atoms with E-state index in [1.54, 1.807) is 25.3 Å². The van der Waals surface area contributed by atoms with E-state index in [1.165, 1.54) is 18.9 Å². The minimum absolute atomic E-state index is 0.0611. The average molecular weight is 300 g/mol. The van der Waals surface area contributed by atoms with Crippen molar-refractivity contribution in [2.75, 3.05) is 5.32 Å². The van der Waals surface area contributed by atoms with Crippen molar-refractivity contribution in [2.24, 2.45) is 5.92 Å². The fourth-order valence-corrected chi connectivity index (χ4v) is 2.28. The molecule has 0 radical (unpaired) electrons. The molecule has 2 aromatic rings. The van der Waals surface area contributed by atoms with Crippen LogP contribution in [0.1, 0.15) is 28.8 Å². The quantitative estimate of drug-likeness (QED) is 0.679. The van der Waals surface area contributed by atoms with Crippen LogP contribution >= 0.6 is 0 Å². The fourth-order valence-electron chi connectivity index (χ4n) is 2.28. The van der Waals surface area contributed by atoms with Gasteiger partial charge in [-0.2, -0.15) is 0 Å². The monoisotopic (exact) mass is 300 g/mol. The number of hydrogen-bond donors (Lipinski definition) is 1. The van der Waals surface area contributed by atoms with Crippen LogP contribution in [-0.2, 0) is 6.54 Å². The van der Waals surface area contributed by atoms with Crippen LogP contribution in [0.5, 0.6) is 0 Å². The summed E-state index contributed by atoms with van der Waals surface area (Å²) < 4.78 is 1.90. The number of anilines is 1. The minimum Gasteiger partial charge on any atom is -0.317 e. The number of nitrogens with zero attached hydrogens (tertiary/aromatic N) is 3. The van der Waals surface area contributed by atoms with Crippen molar-refractivity contribution in [1.29, 1.82) is 0 Å². The lowest BCUT2D eigenvalue weighted by Crippen LogP contribution is -2.16. The topological polar surface area (TPSA) is 90.1 Å². The Bertz CT molecular complexity index is 734. The molecule has 7 nitrogen and oxygen atoms in total. The number of aryl methyl sites for hydroxylation is 1. The molecular weight excluding hydrogens is 284 g/mol. The zero-order chi connectivity index (χ0) is 15.7. The molecule has 1 heterocycles. The van der Waals surface area contributed by atoms with Crippen molar-refractivity contribution in [3.63, 3.8) is 0 Å². The summed E-state index contributed by atoms with van der Waals surface area (Å²) in [5, 5.41) is 13.7. The smallest absolute Gasteiger partial charge is 0.273 e. The molecule has 0 spiro atoms. The van der Waals surface area contributed by atoms with Gasteiger partial charge in [0, 0.05) is 36.1 Å². The van der Waals surface area contributed by atoms with Crippen LogP contribution in [0.2, 0.25) is 0 Å². The number of carbonyl (C=O) groups is 1. The van der Waals surface area contributed by atoms with E-state index in [1.807, 2.05) is 10.8 Å². The zero-order valence-electron chi connectivity index (χ0n) is 12.2. The SMILES string of the molecule is Cc1ccc(C(=O)Nc2nccn2CC2CC2)cc1[N+](=O)[O-]. The van der Waals surface area contributed by atoms with Crippen LogP contribution in [0.4, 0.5) is 11.6 Å². The van der Waals surface area contributed by atoms with E-state index in [0.29, 0.717) is 17.4 Å². The molecule has 3 rings (SSSR count). The van der Waals surface area contributed by atoms with Crippen molar-refractivity contribution < 1.29 is 9.72 Å². The maximum Gasteiger partial charge on any atom is 0.273 e. The van der Waals surface area contributed by atoms with Gasteiger partial charge >= 0.3 is 0 Å². The number of rotatable bonds is 5. The molecule has 0 bridgehead atoms. The average Bonchev–Trinajstić information content (AvgIpc) is 3.19. The molecule has 1 N–H and O–H groups in total. The van der Waals surface area contributed by atoms with Gasteiger partial charge in [0.25, 0.3) is 11.6 Å². The van der Waals surface area contributed by atoms with E-state index in [-0.39, 0.29) is 11.3 Å². The normalized spacial score (nSPS) is 13.9. The second-order valence-corrected chi connectivity index (χ2v) is 5.56. The number of hydrogen-bond acceptors (Lipinski definition) is 4. The number of nitro groups is 1. The molecule has 7 heteroatoms. The second-order valence-electron chi connectivity index (χ2n) is 5.56. The lowest BCUT2D eigenvalue weighted by Gasteiger charge is -2.08. The molecule has 0 saturated heterocycles. The number of nitrogens with one attached hydrogen (secondary N) is 1. The summed E-state index contributed by atoms with van der Waals surface area (Å²) in [6.45, 7) is 2.48. The van der Waals surface area contributed by atoms with Crippen LogP contribution in [0.3, 0.4) is 0 Å². The number of nitro benzene ring substituents is 1. The second kappa shape index (κ2) is 5.59. The lowest BCUT2D eigenvalue weighted by atomic mass is 10.1. The molecule has 1 aromatic heterocycles. The summed E-state index contributed by atoms with van der Waals surface area (Å²) in [7, 11) is 0. The maximum atomic E-state index is 12.3. The van der Waals surface area contributed by atoms with E-state index >= 15 is 0 Å². The molecule has 1 amide bonds. The van der Waals surface area contributed by atoms with Crippen LogP contribution in [0, 0.1) is 23.0 Å². The van der Waals surface area contributed by atoms with E-state index in [0.717, 1.165) is 6.54 Å². The van der Waals surface area contributed by atoms with Gasteiger partial charge < -0.3 is 4.57 Å². The van der Waals surface area contributed by atoms with Gasteiger partial charge in [-0.15, -0.1) is 0 Å². The largest absolute Gasteiger partial charge is 0.317 e. The van der Waals surface area contributed by atoms with Gasteiger partial charge in [0.15, 0.2) is 0 Å². The van der Waals surface area contributed by atoms with Gasteiger partial charge in [-0.25, -0.2) is 4.98 Å². The van der Waals surface area contributed by atoms with Gasteiger partial charge in [0.1, 0.15) is 0 Å². The molecule has 22 heavy (non-hydrogen) atoms. The van der Waals surface area contributed by atoms with Crippen molar-refractivity contribution in [1.82, 2.24) is 9.55 Å². The van der Waals surface area contributed by atoms with Crippen molar-refractivity contribution in [3.8, 4) is 0 Å². The highest BCUT2D eigenvalue weighted by Gasteiger charge is 2.23. The number of carbonyl (C=O) groups excluding carboxylic acids is 1. The maximum absolute atomic E-state index is 12.3. The molecule has 1 fully saturated rings. The Morgan fingerprint density at radius 3 is 2.95 bits per heavy atom. The lowest BCUT2D eigenvalue weighted by molar-refractivity contribution is -0.385.